The fraction of sp³-hybridized carbons (Fsp3) is 0.848. The Labute approximate surface area is 247 Å². The molecule has 0 aromatic carbocycles. The summed E-state index contributed by atoms with van der Waals surface area (Å²) in [6, 6.07) is 0. The van der Waals surface area contributed by atoms with Gasteiger partial charge < -0.3 is 4.74 Å². The van der Waals surface area contributed by atoms with Crippen molar-refractivity contribution in [1.82, 2.24) is 0 Å². The number of rotatable bonds is 9. The smallest absolute Gasteiger partial charge is 0.311 e. The first-order valence-electron chi connectivity index (χ1n) is 15.5. The summed E-state index contributed by atoms with van der Waals surface area (Å²) >= 11 is 17.4. The molecule has 3 saturated carbocycles. The third-order valence-electron chi connectivity index (χ3n) is 12.1. The quantitative estimate of drug-likeness (QED) is 0.199. The maximum Gasteiger partial charge on any atom is 0.311 e. The van der Waals surface area contributed by atoms with Crippen molar-refractivity contribution in [3.8, 4) is 0 Å². The van der Waals surface area contributed by atoms with Gasteiger partial charge in [0.15, 0.2) is 0 Å². The molecular formula is C33H51Cl3O2. The second-order valence-corrected chi connectivity index (χ2v) is 15.6. The average Bonchev–Trinajstić information content (AvgIpc) is 3.21. The van der Waals surface area contributed by atoms with Gasteiger partial charge in [-0.3, -0.25) is 4.79 Å². The van der Waals surface area contributed by atoms with Crippen LogP contribution in [-0.2, 0) is 9.53 Å². The molecule has 38 heavy (non-hydrogen) atoms. The van der Waals surface area contributed by atoms with Crippen LogP contribution >= 0.6 is 34.8 Å². The summed E-state index contributed by atoms with van der Waals surface area (Å²) in [6.07, 6.45) is 16.2. The molecule has 4 rings (SSSR count). The predicted octanol–water partition coefficient (Wildman–Crippen LogP) is 10.9. The van der Waals surface area contributed by atoms with Crippen LogP contribution in [0.4, 0.5) is 0 Å². The van der Waals surface area contributed by atoms with E-state index in [1.165, 1.54) is 56.9 Å². The van der Waals surface area contributed by atoms with Gasteiger partial charge in [0.05, 0.1) is 11.5 Å². The van der Waals surface area contributed by atoms with Gasteiger partial charge in [-0.1, -0.05) is 101 Å². The van der Waals surface area contributed by atoms with Crippen LogP contribution < -0.4 is 0 Å². The van der Waals surface area contributed by atoms with E-state index < -0.39 is 0 Å². The largest absolute Gasteiger partial charge is 0.462 e. The van der Waals surface area contributed by atoms with E-state index in [0.717, 1.165) is 60.7 Å². The highest BCUT2D eigenvalue weighted by Crippen LogP contribution is 2.67. The van der Waals surface area contributed by atoms with Crippen molar-refractivity contribution in [3.63, 3.8) is 0 Å². The van der Waals surface area contributed by atoms with Gasteiger partial charge in [-0.15, -0.1) is 0 Å². The number of hydrogen-bond acceptors (Lipinski definition) is 2. The van der Waals surface area contributed by atoms with E-state index in [4.69, 9.17) is 39.5 Å². The van der Waals surface area contributed by atoms with Gasteiger partial charge in [0.2, 0.25) is 0 Å². The number of ether oxygens (including phenoxy) is 1. The minimum absolute atomic E-state index is 0.0577. The number of hydrogen-bond donors (Lipinski definition) is 0. The second kappa shape index (κ2) is 12.4. The van der Waals surface area contributed by atoms with E-state index in [1.807, 2.05) is 0 Å². The Bertz CT molecular complexity index is 921. The molecule has 4 aliphatic carbocycles. The Morgan fingerprint density at radius 1 is 1.03 bits per heavy atom. The Balaban J connectivity index is 1.41. The summed E-state index contributed by atoms with van der Waals surface area (Å²) in [7, 11) is 0. The minimum Gasteiger partial charge on any atom is -0.462 e. The van der Waals surface area contributed by atoms with Crippen LogP contribution in [0.2, 0.25) is 0 Å². The lowest BCUT2D eigenvalue weighted by atomic mass is 9.47. The molecule has 0 radical (unpaired) electrons. The molecule has 3 fully saturated rings. The molecule has 2 nitrogen and oxygen atoms in total. The van der Waals surface area contributed by atoms with Gasteiger partial charge >= 0.3 is 5.97 Å². The maximum atomic E-state index is 12.4. The lowest BCUT2D eigenvalue weighted by molar-refractivity contribution is -0.150. The van der Waals surface area contributed by atoms with E-state index in [9.17, 15) is 4.79 Å². The molecule has 0 spiro atoms. The highest BCUT2D eigenvalue weighted by atomic mass is 35.5. The third-order valence-corrected chi connectivity index (χ3v) is 13.1. The number of halogens is 3. The van der Waals surface area contributed by atoms with E-state index in [0.29, 0.717) is 5.41 Å². The van der Waals surface area contributed by atoms with Crippen LogP contribution in [0.5, 0.6) is 0 Å². The normalized spacial score (nSPS) is 37.9. The summed E-state index contributed by atoms with van der Waals surface area (Å²) in [6.45, 7) is 14.9. The summed E-state index contributed by atoms with van der Waals surface area (Å²) in [5.41, 5.74) is 2.29. The van der Waals surface area contributed by atoms with Crippen LogP contribution in [0.1, 0.15) is 119 Å². The molecule has 0 aliphatic heterocycles. The van der Waals surface area contributed by atoms with Crippen molar-refractivity contribution in [2.24, 2.45) is 52.3 Å². The van der Waals surface area contributed by atoms with Crippen molar-refractivity contribution in [2.45, 2.75) is 125 Å². The lowest BCUT2D eigenvalue weighted by Crippen LogP contribution is -2.51. The topological polar surface area (TPSA) is 26.3 Å². The predicted molar refractivity (Wildman–Crippen MR) is 161 cm³/mol. The second-order valence-electron chi connectivity index (χ2n) is 14.2. The van der Waals surface area contributed by atoms with Gasteiger partial charge in [0.1, 0.15) is 10.6 Å². The zero-order valence-electron chi connectivity index (χ0n) is 24.6. The molecule has 0 N–H and O–H groups in total. The van der Waals surface area contributed by atoms with Crippen molar-refractivity contribution in [3.05, 3.63) is 21.2 Å². The summed E-state index contributed by atoms with van der Waals surface area (Å²) < 4.78 is 5.75. The van der Waals surface area contributed by atoms with Crippen LogP contribution in [0.15, 0.2) is 21.2 Å². The van der Waals surface area contributed by atoms with Crippen LogP contribution in [0.25, 0.3) is 0 Å². The molecule has 0 aromatic heterocycles. The molecule has 3 unspecified atom stereocenters. The monoisotopic (exact) mass is 584 g/mol. The number of carbonyl (C=O) groups excluding carboxylic acids is 1. The highest BCUT2D eigenvalue weighted by molar-refractivity contribution is 6.59. The maximum absolute atomic E-state index is 12.4. The van der Waals surface area contributed by atoms with Gasteiger partial charge in [-0.25, -0.2) is 0 Å². The van der Waals surface area contributed by atoms with Crippen molar-refractivity contribution < 1.29 is 9.53 Å². The molecule has 0 amide bonds. The van der Waals surface area contributed by atoms with E-state index >= 15 is 0 Å². The molecule has 216 valence electrons. The first kappa shape index (κ1) is 30.8. The molecule has 0 aromatic rings. The Morgan fingerprint density at radius 2 is 1.76 bits per heavy atom. The van der Waals surface area contributed by atoms with Gasteiger partial charge in [-0.05, 0) is 104 Å². The Kier molecular flexibility index (Phi) is 10.0. The van der Waals surface area contributed by atoms with Crippen LogP contribution in [-0.4, -0.2) is 12.1 Å². The number of allylic oxidation sites excluding steroid dienone is 1. The fourth-order valence-corrected chi connectivity index (χ4v) is 10.1. The number of carbonyl (C=O) groups is 1. The molecule has 0 bridgehead atoms. The minimum atomic E-state index is -0.338. The van der Waals surface area contributed by atoms with Gasteiger partial charge in [0.25, 0.3) is 0 Å². The average molecular weight is 586 g/mol. The van der Waals surface area contributed by atoms with Gasteiger partial charge in [0, 0.05) is 6.42 Å². The summed E-state index contributed by atoms with van der Waals surface area (Å²) in [5, 5.41) is 0.151. The zero-order valence-corrected chi connectivity index (χ0v) is 26.9. The Morgan fingerprint density at radius 3 is 2.42 bits per heavy atom. The van der Waals surface area contributed by atoms with Gasteiger partial charge in [-0.2, -0.15) is 0 Å². The number of fused-ring (bicyclic) bond motifs is 5. The van der Waals surface area contributed by atoms with E-state index in [-0.39, 0.29) is 33.4 Å². The zero-order chi connectivity index (χ0) is 27.8. The highest BCUT2D eigenvalue weighted by Gasteiger charge is 2.59. The first-order chi connectivity index (χ1) is 17.9. The first-order valence-corrected chi connectivity index (χ1v) is 16.6. The molecule has 5 heteroatoms. The number of esters is 1. The van der Waals surface area contributed by atoms with Crippen molar-refractivity contribution in [2.75, 3.05) is 0 Å². The molecule has 4 aliphatic rings. The molecule has 0 saturated heterocycles. The summed E-state index contributed by atoms with van der Waals surface area (Å²) in [4.78, 5) is 12.4. The van der Waals surface area contributed by atoms with Crippen molar-refractivity contribution in [1.29, 1.82) is 0 Å². The lowest BCUT2D eigenvalue weighted by Gasteiger charge is -2.58. The summed E-state index contributed by atoms with van der Waals surface area (Å²) in [5.74, 6) is 5.50. The standard InChI is InChI=1S/C33H51Cl3O2/c1-7-22(20(2)3)9-8-21(4)26-12-13-27-25-11-10-23-18-24(38-30(37)19-29(34)31(35)36)14-16-32(23,5)28(25)15-17-33(26,27)6/h10,20-22,24-28H,7-9,11-19H2,1-6H3/t21-,22+,24+,25?,26-,27?,28?,32+,33-/m0/s1. The SMILES string of the molecule is CC[C@H](CC[C@H](C)[C@@H]1CCC2C3CC=C4C[C@H](OC(=O)CC(Cl)=C(Cl)Cl)CC[C@@]4(C)C3CC[C@]21C)C(C)C. The molecule has 9 atom stereocenters. The van der Waals surface area contributed by atoms with Crippen LogP contribution in [0, 0.1) is 52.3 Å². The third kappa shape index (κ3) is 6.04. The molecular weight excluding hydrogens is 535 g/mol. The van der Waals surface area contributed by atoms with Crippen molar-refractivity contribution >= 4 is 40.8 Å². The Hall–Kier alpha value is -0.180. The van der Waals surface area contributed by atoms with E-state index in [2.05, 4.69) is 47.6 Å². The fourth-order valence-electron chi connectivity index (χ4n) is 9.81. The van der Waals surface area contributed by atoms with Crippen LogP contribution in [0.3, 0.4) is 0 Å². The van der Waals surface area contributed by atoms with E-state index in [1.54, 1.807) is 0 Å². The molecule has 0 heterocycles.